The molecule has 2 aromatic heterocycles. The van der Waals surface area contributed by atoms with Crippen LogP contribution < -0.4 is 9.64 Å². The van der Waals surface area contributed by atoms with Gasteiger partial charge in [0.2, 0.25) is 0 Å². The van der Waals surface area contributed by atoms with Crippen molar-refractivity contribution >= 4 is 11.5 Å². The Morgan fingerprint density at radius 3 is 2.92 bits per heavy atom. The van der Waals surface area contributed by atoms with Crippen LogP contribution in [0.3, 0.4) is 0 Å². The van der Waals surface area contributed by atoms with Crippen LogP contribution in [0.2, 0.25) is 0 Å². The van der Waals surface area contributed by atoms with Gasteiger partial charge in [0, 0.05) is 13.0 Å². The van der Waals surface area contributed by atoms with Crippen molar-refractivity contribution in [2.45, 2.75) is 31.9 Å². The summed E-state index contributed by atoms with van der Waals surface area (Å²) in [6, 6.07) is 11.9. The maximum Gasteiger partial charge on any atom is 0.178 e. The number of aromatic nitrogens is 4. The molecule has 1 aromatic carbocycles. The van der Waals surface area contributed by atoms with Crippen molar-refractivity contribution in [1.29, 1.82) is 0 Å². The van der Waals surface area contributed by atoms with E-state index in [1.807, 2.05) is 37.3 Å². The average molecular weight is 339 g/mol. The topological polar surface area (TPSA) is 75.8 Å². The molecule has 1 saturated heterocycles. The van der Waals surface area contributed by atoms with Crippen molar-refractivity contribution in [3.05, 3.63) is 47.8 Å². The van der Waals surface area contributed by atoms with Crippen molar-refractivity contribution in [3.8, 4) is 5.75 Å². The molecular formula is C18H21N5O2. The van der Waals surface area contributed by atoms with Crippen LogP contribution in [-0.2, 0) is 6.42 Å². The standard InChI is InChI=1S/C18H21N5O2/c1-3-16-19-20-17-7-8-18(21-23(16)17)22-11-13(24)10-15(22)12-5-4-6-14(9-12)25-2/h4-9,13,15,24H,3,10-11H2,1-2H3/t13-,15+/m0/s1. The molecule has 2 atom stereocenters. The van der Waals surface area contributed by atoms with Gasteiger partial charge < -0.3 is 14.7 Å². The minimum atomic E-state index is -0.389. The largest absolute Gasteiger partial charge is 0.497 e. The Hall–Kier alpha value is -2.67. The fourth-order valence-electron chi connectivity index (χ4n) is 3.43. The van der Waals surface area contributed by atoms with E-state index in [2.05, 4.69) is 21.2 Å². The first kappa shape index (κ1) is 15.8. The van der Waals surface area contributed by atoms with E-state index in [1.165, 1.54) is 0 Å². The van der Waals surface area contributed by atoms with Crippen LogP contribution >= 0.6 is 0 Å². The van der Waals surface area contributed by atoms with Gasteiger partial charge in [0.05, 0.1) is 19.3 Å². The zero-order chi connectivity index (χ0) is 17.4. The quantitative estimate of drug-likeness (QED) is 0.784. The maximum absolute atomic E-state index is 10.3. The van der Waals surface area contributed by atoms with Gasteiger partial charge in [-0.2, -0.15) is 4.52 Å². The number of benzene rings is 1. The SMILES string of the molecule is CCc1nnc2ccc(N3C[C@@H](O)C[C@@H]3c3cccc(OC)c3)nn12. The molecule has 0 aliphatic carbocycles. The first-order valence-electron chi connectivity index (χ1n) is 8.49. The van der Waals surface area contributed by atoms with Gasteiger partial charge in [-0.15, -0.1) is 15.3 Å². The molecule has 7 heteroatoms. The second-order valence-electron chi connectivity index (χ2n) is 6.27. The Labute approximate surface area is 145 Å². The molecule has 0 amide bonds. The molecule has 1 aliphatic heterocycles. The van der Waals surface area contributed by atoms with Gasteiger partial charge in [-0.3, -0.25) is 0 Å². The van der Waals surface area contributed by atoms with Crippen molar-refractivity contribution in [1.82, 2.24) is 19.8 Å². The predicted molar refractivity (Wildman–Crippen MR) is 93.9 cm³/mol. The summed E-state index contributed by atoms with van der Waals surface area (Å²) in [7, 11) is 1.66. The van der Waals surface area contributed by atoms with Crippen molar-refractivity contribution in [2.75, 3.05) is 18.6 Å². The number of ether oxygens (including phenoxy) is 1. The van der Waals surface area contributed by atoms with E-state index in [1.54, 1.807) is 11.6 Å². The lowest BCUT2D eigenvalue weighted by Gasteiger charge is -2.26. The monoisotopic (exact) mass is 339 g/mol. The Balaban J connectivity index is 1.74. The molecule has 3 heterocycles. The van der Waals surface area contributed by atoms with E-state index in [0.29, 0.717) is 13.0 Å². The lowest BCUT2D eigenvalue weighted by Crippen LogP contribution is -2.26. The van der Waals surface area contributed by atoms with Crippen molar-refractivity contribution < 1.29 is 9.84 Å². The summed E-state index contributed by atoms with van der Waals surface area (Å²) in [5.41, 5.74) is 1.84. The second-order valence-corrected chi connectivity index (χ2v) is 6.27. The van der Waals surface area contributed by atoms with E-state index in [0.717, 1.165) is 35.0 Å². The summed E-state index contributed by atoms with van der Waals surface area (Å²) in [6.07, 6.45) is 1.04. The van der Waals surface area contributed by atoms with E-state index >= 15 is 0 Å². The highest BCUT2D eigenvalue weighted by Crippen LogP contribution is 2.36. The third kappa shape index (κ3) is 2.80. The van der Waals surface area contributed by atoms with Crippen LogP contribution in [0.4, 0.5) is 5.82 Å². The molecule has 1 aliphatic rings. The van der Waals surface area contributed by atoms with Gasteiger partial charge in [-0.25, -0.2) is 0 Å². The van der Waals surface area contributed by atoms with Crippen molar-refractivity contribution in [3.63, 3.8) is 0 Å². The summed E-state index contributed by atoms with van der Waals surface area (Å²) >= 11 is 0. The third-order valence-corrected chi connectivity index (χ3v) is 4.68. The van der Waals surface area contributed by atoms with E-state index in [4.69, 9.17) is 9.84 Å². The van der Waals surface area contributed by atoms with Gasteiger partial charge in [-0.05, 0) is 36.2 Å². The smallest absolute Gasteiger partial charge is 0.178 e. The number of fused-ring (bicyclic) bond motifs is 1. The normalized spacial score (nSPS) is 20.4. The number of hydrogen-bond acceptors (Lipinski definition) is 6. The number of aliphatic hydroxyl groups is 1. The van der Waals surface area contributed by atoms with Crippen LogP contribution in [0.5, 0.6) is 5.75 Å². The van der Waals surface area contributed by atoms with Gasteiger partial charge in [0.25, 0.3) is 0 Å². The van der Waals surface area contributed by atoms with Crippen LogP contribution in [0.1, 0.15) is 30.8 Å². The Kier molecular flexibility index (Phi) is 4.01. The zero-order valence-corrected chi connectivity index (χ0v) is 14.3. The first-order valence-corrected chi connectivity index (χ1v) is 8.49. The average Bonchev–Trinajstić information content (AvgIpc) is 3.24. The molecule has 1 N–H and O–H groups in total. The van der Waals surface area contributed by atoms with Crippen LogP contribution in [0.25, 0.3) is 5.65 Å². The number of β-amino-alcohol motifs (C(OH)–C–C–N with tert-alkyl or cyclic N) is 1. The molecule has 3 aromatic rings. The Morgan fingerprint density at radius 2 is 2.12 bits per heavy atom. The maximum atomic E-state index is 10.3. The molecule has 1 fully saturated rings. The van der Waals surface area contributed by atoms with Crippen molar-refractivity contribution in [2.24, 2.45) is 0 Å². The number of hydrogen-bond donors (Lipinski definition) is 1. The van der Waals surface area contributed by atoms with Gasteiger partial charge in [-0.1, -0.05) is 19.1 Å². The predicted octanol–water partition coefficient (Wildman–Crippen LogP) is 2.01. The van der Waals surface area contributed by atoms with E-state index in [-0.39, 0.29) is 12.1 Å². The number of rotatable bonds is 4. The minimum absolute atomic E-state index is 0.0524. The Morgan fingerprint density at radius 1 is 1.24 bits per heavy atom. The lowest BCUT2D eigenvalue weighted by atomic mass is 10.0. The van der Waals surface area contributed by atoms with Crippen LogP contribution in [0, 0.1) is 0 Å². The minimum Gasteiger partial charge on any atom is -0.497 e. The highest BCUT2D eigenvalue weighted by Gasteiger charge is 2.33. The van der Waals surface area contributed by atoms with Gasteiger partial charge in [0.15, 0.2) is 11.5 Å². The third-order valence-electron chi connectivity index (χ3n) is 4.68. The highest BCUT2D eigenvalue weighted by molar-refractivity contribution is 5.49. The lowest BCUT2D eigenvalue weighted by molar-refractivity contribution is 0.194. The van der Waals surface area contributed by atoms with Gasteiger partial charge in [0.1, 0.15) is 11.6 Å². The molecule has 0 radical (unpaired) electrons. The number of aliphatic hydroxyl groups excluding tert-OH is 1. The molecule has 0 saturated carbocycles. The van der Waals surface area contributed by atoms with Gasteiger partial charge >= 0.3 is 0 Å². The molecule has 0 bridgehead atoms. The Bertz CT molecular complexity index is 894. The number of aryl methyl sites for hydroxylation is 1. The fraction of sp³-hybridized carbons (Fsp3) is 0.389. The molecule has 0 unspecified atom stereocenters. The summed E-state index contributed by atoms with van der Waals surface area (Å²) in [5.74, 6) is 2.45. The fourth-order valence-corrected chi connectivity index (χ4v) is 3.43. The molecule has 130 valence electrons. The molecule has 4 rings (SSSR count). The molecule has 7 nitrogen and oxygen atoms in total. The first-order chi connectivity index (χ1) is 12.2. The summed E-state index contributed by atoms with van der Waals surface area (Å²) in [6.45, 7) is 2.58. The van der Waals surface area contributed by atoms with Crippen LogP contribution in [0.15, 0.2) is 36.4 Å². The molecule has 25 heavy (non-hydrogen) atoms. The summed E-state index contributed by atoms with van der Waals surface area (Å²) < 4.78 is 7.12. The molecule has 0 spiro atoms. The summed E-state index contributed by atoms with van der Waals surface area (Å²) in [5, 5.41) is 23.3. The number of nitrogens with zero attached hydrogens (tertiary/aromatic N) is 5. The molecular weight excluding hydrogens is 318 g/mol. The van der Waals surface area contributed by atoms with E-state index in [9.17, 15) is 5.11 Å². The second kappa shape index (κ2) is 6.33. The summed E-state index contributed by atoms with van der Waals surface area (Å²) in [4.78, 5) is 2.14. The van der Waals surface area contributed by atoms with E-state index < -0.39 is 0 Å². The highest BCUT2D eigenvalue weighted by atomic mass is 16.5. The zero-order valence-electron chi connectivity index (χ0n) is 14.3. The number of methoxy groups -OCH3 is 1. The van der Waals surface area contributed by atoms with Crippen LogP contribution in [-0.4, -0.2) is 44.7 Å². The number of anilines is 1.